The molecule has 0 radical (unpaired) electrons. The topological polar surface area (TPSA) is 74.8 Å². The minimum Gasteiger partial charge on any atom is -0.494 e. The van der Waals surface area contributed by atoms with E-state index in [-0.39, 0.29) is 5.56 Å². The van der Waals surface area contributed by atoms with E-state index in [9.17, 15) is 4.79 Å². The molecule has 0 saturated carbocycles. The van der Waals surface area contributed by atoms with Crippen molar-refractivity contribution in [2.45, 2.75) is 18.6 Å². The molecule has 7 nitrogen and oxygen atoms in total. The number of para-hydroxylation sites is 1. The highest BCUT2D eigenvalue weighted by molar-refractivity contribution is 7.99. The van der Waals surface area contributed by atoms with Crippen LogP contribution in [0.15, 0.2) is 71.1 Å². The maximum Gasteiger partial charge on any atom is 0.266 e. The molecule has 0 amide bonds. The van der Waals surface area contributed by atoms with Gasteiger partial charge in [-0.2, -0.15) is 5.10 Å². The van der Waals surface area contributed by atoms with Crippen molar-refractivity contribution >= 4 is 22.7 Å². The van der Waals surface area contributed by atoms with Crippen LogP contribution >= 0.6 is 11.8 Å². The third kappa shape index (κ3) is 3.77. The molecule has 8 heteroatoms. The fourth-order valence-electron chi connectivity index (χ4n) is 2.87. The predicted octanol–water partition coefficient (Wildman–Crippen LogP) is 3.17. The molecule has 0 aliphatic heterocycles. The van der Waals surface area contributed by atoms with Gasteiger partial charge in [-0.1, -0.05) is 23.9 Å². The average molecular weight is 393 g/mol. The third-order valence-electron chi connectivity index (χ3n) is 4.17. The molecule has 0 saturated heterocycles. The van der Waals surface area contributed by atoms with E-state index in [0.717, 1.165) is 11.4 Å². The van der Waals surface area contributed by atoms with E-state index in [1.807, 2.05) is 49.4 Å². The van der Waals surface area contributed by atoms with Gasteiger partial charge in [-0.05, 0) is 43.3 Å². The molecule has 0 unspecified atom stereocenters. The molecule has 2 aromatic heterocycles. The first kappa shape index (κ1) is 18.2. The monoisotopic (exact) mass is 393 g/mol. The van der Waals surface area contributed by atoms with Crippen molar-refractivity contribution in [1.82, 2.24) is 24.3 Å². The third-order valence-corrected chi connectivity index (χ3v) is 5.09. The Morgan fingerprint density at radius 1 is 1.11 bits per heavy atom. The molecule has 2 aromatic carbocycles. The van der Waals surface area contributed by atoms with Gasteiger partial charge in [0.25, 0.3) is 5.56 Å². The summed E-state index contributed by atoms with van der Waals surface area (Å²) in [5, 5.41) is 5.35. The molecule has 0 aliphatic carbocycles. The molecule has 0 N–H and O–H groups in total. The number of nitrogens with zero attached hydrogens (tertiary/aromatic N) is 5. The second-order valence-electron chi connectivity index (χ2n) is 5.99. The number of hydrogen-bond donors (Lipinski definition) is 0. The Balaban J connectivity index is 1.73. The van der Waals surface area contributed by atoms with Crippen LogP contribution in [0.5, 0.6) is 5.75 Å². The van der Waals surface area contributed by atoms with Crippen molar-refractivity contribution in [3.05, 3.63) is 71.5 Å². The van der Waals surface area contributed by atoms with Gasteiger partial charge < -0.3 is 4.74 Å². The van der Waals surface area contributed by atoms with Crippen LogP contribution < -0.4 is 10.3 Å². The van der Waals surface area contributed by atoms with E-state index in [2.05, 4.69) is 10.1 Å². The van der Waals surface area contributed by atoms with Crippen molar-refractivity contribution in [1.29, 1.82) is 0 Å². The van der Waals surface area contributed by atoms with E-state index in [1.54, 1.807) is 21.6 Å². The Bertz CT molecular complexity index is 1120. The van der Waals surface area contributed by atoms with E-state index >= 15 is 0 Å². The summed E-state index contributed by atoms with van der Waals surface area (Å²) in [6, 6.07) is 14.9. The second-order valence-corrected chi connectivity index (χ2v) is 7.05. The molecule has 0 spiro atoms. The largest absolute Gasteiger partial charge is 0.494 e. The SMILES string of the molecule is CCOc1ccc(-n2c(SCCn3cncn3)nc3ccccc3c2=O)cc1. The van der Waals surface area contributed by atoms with E-state index in [0.29, 0.717) is 35.0 Å². The highest BCUT2D eigenvalue weighted by Gasteiger charge is 2.13. The quantitative estimate of drug-likeness (QED) is 0.355. The van der Waals surface area contributed by atoms with Gasteiger partial charge >= 0.3 is 0 Å². The van der Waals surface area contributed by atoms with Crippen molar-refractivity contribution < 1.29 is 4.74 Å². The molecule has 2 heterocycles. The molecule has 4 aromatic rings. The van der Waals surface area contributed by atoms with Crippen LogP contribution in [0, 0.1) is 0 Å². The maximum absolute atomic E-state index is 13.2. The van der Waals surface area contributed by atoms with Gasteiger partial charge in [0.05, 0.1) is 29.7 Å². The molecule has 28 heavy (non-hydrogen) atoms. The van der Waals surface area contributed by atoms with Crippen molar-refractivity contribution in [3.63, 3.8) is 0 Å². The van der Waals surface area contributed by atoms with Crippen molar-refractivity contribution in [2.24, 2.45) is 0 Å². The summed E-state index contributed by atoms with van der Waals surface area (Å²) in [6.07, 6.45) is 3.18. The smallest absolute Gasteiger partial charge is 0.266 e. The van der Waals surface area contributed by atoms with Crippen LogP contribution in [0.25, 0.3) is 16.6 Å². The van der Waals surface area contributed by atoms with Gasteiger partial charge in [0, 0.05) is 5.75 Å². The predicted molar refractivity (Wildman–Crippen MR) is 109 cm³/mol. The number of ether oxygens (including phenoxy) is 1. The summed E-state index contributed by atoms with van der Waals surface area (Å²) < 4.78 is 8.92. The fraction of sp³-hybridized carbons (Fsp3) is 0.200. The average Bonchev–Trinajstić information content (AvgIpc) is 3.23. The molecule has 0 atom stereocenters. The van der Waals surface area contributed by atoms with Gasteiger partial charge in [0.15, 0.2) is 5.16 Å². The van der Waals surface area contributed by atoms with Crippen LogP contribution in [0.3, 0.4) is 0 Å². The number of benzene rings is 2. The number of fused-ring (bicyclic) bond motifs is 1. The highest BCUT2D eigenvalue weighted by Crippen LogP contribution is 2.23. The zero-order chi connectivity index (χ0) is 19.3. The van der Waals surface area contributed by atoms with Crippen LogP contribution in [-0.4, -0.2) is 36.7 Å². The van der Waals surface area contributed by atoms with Crippen LogP contribution in [0.2, 0.25) is 0 Å². The standard InChI is InChI=1S/C20H19N5O2S/c1-2-27-16-9-7-15(8-10-16)25-19(26)17-5-3-4-6-18(17)23-20(25)28-12-11-24-14-21-13-22-24/h3-10,13-14H,2,11-12H2,1H3. The van der Waals surface area contributed by atoms with Gasteiger partial charge in [0.2, 0.25) is 0 Å². The summed E-state index contributed by atoms with van der Waals surface area (Å²) >= 11 is 1.52. The van der Waals surface area contributed by atoms with Gasteiger partial charge in [-0.3, -0.25) is 14.0 Å². The Morgan fingerprint density at radius 3 is 2.68 bits per heavy atom. The molecular formula is C20H19N5O2S. The lowest BCUT2D eigenvalue weighted by atomic mass is 10.2. The molecule has 142 valence electrons. The fourth-order valence-corrected chi connectivity index (χ4v) is 3.81. The van der Waals surface area contributed by atoms with Gasteiger partial charge in [-0.25, -0.2) is 9.97 Å². The lowest BCUT2D eigenvalue weighted by molar-refractivity contribution is 0.340. The first-order valence-electron chi connectivity index (χ1n) is 8.96. The van der Waals surface area contributed by atoms with E-state index in [4.69, 9.17) is 9.72 Å². The Morgan fingerprint density at radius 2 is 1.93 bits per heavy atom. The first-order chi connectivity index (χ1) is 13.8. The van der Waals surface area contributed by atoms with Gasteiger partial charge in [-0.15, -0.1) is 0 Å². The lowest BCUT2D eigenvalue weighted by Gasteiger charge is -2.14. The summed E-state index contributed by atoms with van der Waals surface area (Å²) in [6.45, 7) is 3.21. The Labute approximate surface area is 166 Å². The minimum atomic E-state index is -0.0852. The Kier molecular flexibility index (Phi) is 5.38. The summed E-state index contributed by atoms with van der Waals surface area (Å²) in [4.78, 5) is 21.9. The number of rotatable bonds is 7. The van der Waals surface area contributed by atoms with Crippen LogP contribution in [0.4, 0.5) is 0 Å². The summed E-state index contributed by atoms with van der Waals surface area (Å²) in [7, 11) is 0. The lowest BCUT2D eigenvalue weighted by Crippen LogP contribution is -2.22. The molecule has 0 fully saturated rings. The zero-order valence-corrected chi connectivity index (χ0v) is 16.2. The molecular weight excluding hydrogens is 374 g/mol. The number of hydrogen-bond acceptors (Lipinski definition) is 6. The van der Waals surface area contributed by atoms with Crippen molar-refractivity contribution in [3.8, 4) is 11.4 Å². The minimum absolute atomic E-state index is 0.0852. The normalized spacial score (nSPS) is 11.0. The maximum atomic E-state index is 13.2. The Hall–Kier alpha value is -3.13. The number of aryl methyl sites for hydroxylation is 1. The second kappa shape index (κ2) is 8.26. The molecule has 0 bridgehead atoms. The van der Waals surface area contributed by atoms with Gasteiger partial charge in [0.1, 0.15) is 18.4 Å². The van der Waals surface area contributed by atoms with Crippen LogP contribution in [0.1, 0.15) is 6.92 Å². The van der Waals surface area contributed by atoms with E-state index in [1.165, 1.54) is 18.1 Å². The molecule has 4 rings (SSSR count). The number of thioether (sulfide) groups is 1. The zero-order valence-electron chi connectivity index (χ0n) is 15.4. The first-order valence-corrected chi connectivity index (χ1v) is 9.95. The number of aromatic nitrogens is 5. The van der Waals surface area contributed by atoms with Crippen LogP contribution in [-0.2, 0) is 6.54 Å². The highest BCUT2D eigenvalue weighted by atomic mass is 32.2. The summed E-state index contributed by atoms with van der Waals surface area (Å²) in [5.41, 5.74) is 1.37. The van der Waals surface area contributed by atoms with Crippen molar-refractivity contribution in [2.75, 3.05) is 12.4 Å². The van der Waals surface area contributed by atoms with E-state index < -0.39 is 0 Å². The summed E-state index contributed by atoms with van der Waals surface area (Å²) in [5.74, 6) is 1.49. The molecule has 0 aliphatic rings.